The molecule has 0 radical (unpaired) electrons. The highest BCUT2D eigenvalue weighted by molar-refractivity contribution is 6.01. The molecule has 3 aromatic rings. The number of hydrogen-bond acceptors (Lipinski definition) is 7. The largest absolute Gasteiger partial charge is 0.463 e. The minimum Gasteiger partial charge on any atom is -0.463 e. The Labute approximate surface area is 233 Å². The number of hydrogen-bond donors (Lipinski definition) is 5. The lowest BCUT2D eigenvalue weighted by Gasteiger charge is -2.33. The lowest BCUT2D eigenvalue weighted by atomic mass is 9.80. The summed E-state index contributed by atoms with van der Waals surface area (Å²) >= 11 is 0. The molecule has 1 aromatic carbocycles. The third-order valence-corrected chi connectivity index (χ3v) is 8.70. The maximum absolute atomic E-state index is 12.0. The molecule has 2 saturated carbocycles. The number of nitrogens with one attached hydrogen (secondary N) is 1. The maximum Gasteiger partial charge on any atom is 0.433 e. The molecule has 2 fully saturated rings. The van der Waals surface area contributed by atoms with Gasteiger partial charge in [0, 0.05) is 12.6 Å². The number of nitrogens with zero attached hydrogens (tertiary/aromatic N) is 5. The van der Waals surface area contributed by atoms with Crippen LogP contribution in [0.1, 0.15) is 76.0 Å². The predicted molar refractivity (Wildman–Crippen MR) is 152 cm³/mol. The average molecular weight is 550 g/mol. The Morgan fingerprint density at radius 3 is 2.45 bits per heavy atom. The second-order valence-corrected chi connectivity index (χ2v) is 11.5. The fourth-order valence-corrected chi connectivity index (χ4v) is 5.95. The van der Waals surface area contributed by atoms with Crippen molar-refractivity contribution in [2.75, 3.05) is 11.9 Å². The molecule has 2 unspecified atom stereocenters. The fourth-order valence-electron chi connectivity index (χ4n) is 5.95. The Balaban J connectivity index is 1.71. The number of nitrogens with two attached hydrogens (primary N) is 1. The number of aliphatic hydroxyl groups excluding tert-OH is 1. The summed E-state index contributed by atoms with van der Waals surface area (Å²) in [6, 6.07) is 9.06. The molecule has 0 aliphatic heterocycles. The van der Waals surface area contributed by atoms with Crippen LogP contribution in [0.25, 0.3) is 11.2 Å². The topological polar surface area (TPSA) is 172 Å². The first-order chi connectivity index (χ1) is 19.2. The molecule has 0 spiro atoms. The van der Waals surface area contributed by atoms with Gasteiger partial charge in [-0.2, -0.15) is 4.99 Å². The highest BCUT2D eigenvalue weighted by Crippen LogP contribution is 2.37. The van der Waals surface area contributed by atoms with Crippen LogP contribution in [-0.4, -0.2) is 59.4 Å². The van der Waals surface area contributed by atoms with E-state index in [9.17, 15) is 20.1 Å². The smallest absolute Gasteiger partial charge is 0.433 e. The van der Waals surface area contributed by atoms with Crippen molar-refractivity contribution in [3.05, 3.63) is 47.5 Å². The monoisotopic (exact) mass is 549 g/mol. The SMILES string of the molecule is CC1CCC(Cn2c(C(O)(CO)c3ccccc3)nc3nc(C(N)=NC(=O)O)nc(NC(C)C4CCC4)c32)CC1. The number of carbonyl (C=O) groups is 1. The molecule has 0 saturated heterocycles. The van der Waals surface area contributed by atoms with Gasteiger partial charge in [-0.05, 0) is 55.9 Å². The van der Waals surface area contributed by atoms with E-state index in [1.807, 2.05) is 10.6 Å². The van der Waals surface area contributed by atoms with E-state index in [0.29, 0.717) is 41.2 Å². The zero-order valence-electron chi connectivity index (χ0n) is 23.1. The van der Waals surface area contributed by atoms with Crippen LogP contribution in [-0.2, 0) is 12.1 Å². The van der Waals surface area contributed by atoms with Gasteiger partial charge >= 0.3 is 6.09 Å². The summed E-state index contributed by atoms with van der Waals surface area (Å²) in [7, 11) is 0. The minimum atomic E-state index is -1.80. The van der Waals surface area contributed by atoms with E-state index in [4.69, 9.17) is 10.7 Å². The number of aromatic nitrogens is 4. The second-order valence-electron chi connectivity index (χ2n) is 11.5. The highest BCUT2D eigenvalue weighted by atomic mass is 16.4. The van der Waals surface area contributed by atoms with E-state index in [-0.39, 0.29) is 29.2 Å². The van der Waals surface area contributed by atoms with Crippen molar-refractivity contribution in [1.29, 1.82) is 0 Å². The molecule has 6 N–H and O–H groups in total. The number of imidazole rings is 1. The maximum atomic E-state index is 12.0. The minimum absolute atomic E-state index is 0.0619. The Morgan fingerprint density at radius 1 is 1.15 bits per heavy atom. The Morgan fingerprint density at radius 2 is 1.85 bits per heavy atom. The summed E-state index contributed by atoms with van der Waals surface area (Å²) < 4.78 is 1.95. The van der Waals surface area contributed by atoms with Gasteiger partial charge in [-0.15, -0.1) is 0 Å². The Hall–Kier alpha value is -3.57. The van der Waals surface area contributed by atoms with Gasteiger partial charge in [0.15, 0.2) is 34.6 Å². The molecule has 2 aromatic heterocycles. The van der Waals surface area contributed by atoms with Crippen molar-refractivity contribution < 1.29 is 20.1 Å². The lowest BCUT2D eigenvalue weighted by molar-refractivity contribution is 0.00664. The van der Waals surface area contributed by atoms with Crippen LogP contribution in [0, 0.1) is 17.8 Å². The first-order valence-corrected chi connectivity index (χ1v) is 14.2. The molecule has 5 rings (SSSR count). The summed E-state index contributed by atoms with van der Waals surface area (Å²) in [5, 5.41) is 35.3. The molecule has 2 heterocycles. The molecule has 0 bridgehead atoms. The standard InChI is InChI=1S/C29H39N7O4/c1-17-11-13-19(14-12-17)15-36-22-24(31-18(2)20-7-6-8-20)33-26(23(30)32-28(38)39)34-25(22)35-27(36)29(40,16-37)21-9-4-3-5-10-21/h3-5,9-10,17-20,37,40H,6-8,11-16H2,1-2H3,(H2,30,32)(H,38,39)(H,31,33,34). The number of amides is 1. The van der Waals surface area contributed by atoms with E-state index in [1.54, 1.807) is 24.3 Å². The summed E-state index contributed by atoms with van der Waals surface area (Å²) in [4.78, 5) is 28.6. The zero-order chi connectivity index (χ0) is 28.4. The quantitative estimate of drug-likeness (QED) is 0.196. The molecule has 11 heteroatoms. The third-order valence-electron chi connectivity index (χ3n) is 8.70. The highest BCUT2D eigenvalue weighted by Gasteiger charge is 2.39. The van der Waals surface area contributed by atoms with Crippen LogP contribution in [0.2, 0.25) is 0 Å². The Kier molecular flexibility index (Phi) is 8.04. The van der Waals surface area contributed by atoms with Crippen LogP contribution in [0.5, 0.6) is 0 Å². The van der Waals surface area contributed by atoms with Gasteiger partial charge in [0.05, 0.1) is 6.61 Å². The zero-order valence-corrected chi connectivity index (χ0v) is 23.1. The van der Waals surface area contributed by atoms with Gasteiger partial charge in [-0.1, -0.05) is 56.5 Å². The molecule has 2 aliphatic rings. The van der Waals surface area contributed by atoms with Crippen molar-refractivity contribution in [2.24, 2.45) is 28.5 Å². The van der Waals surface area contributed by atoms with Crippen LogP contribution in [0.4, 0.5) is 10.6 Å². The fraction of sp³-hybridized carbons (Fsp3) is 0.552. The molecule has 1 amide bonds. The van der Waals surface area contributed by atoms with Crippen molar-refractivity contribution >= 4 is 28.9 Å². The van der Waals surface area contributed by atoms with Crippen molar-refractivity contribution in [3.8, 4) is 0 Å². The number of benzene rings is 1. The first-order valence-electron chi connectivity index (χ1n) is 14.2. The number of rotatable bonds is 9. The van der Waals surface area contributed by atoms with Crippen LogP contribution >= 0.6 is 0 Å². The van der Waals surface area contributed by atoms with Crippen molar-refractivity contribution in [2.45, 2.75) is 77.0 Å². The summed E-state index contributed by atoms with van der Waals surface area (Å²) in [5.41, 5.74) is 5.53. The predicted octanol–water partition coefficient (Wildman–Crippen LogP) is 3.86. The average Bonchev–Trinajstić information content (AvgIpc) is 3.27. The van der Waals surface area contributed by atoms with Gasteiger partial charge in [0.2, 0.25) is 0 Å². The van der Waals surface area contributed by atoms with Gasteiger partial charge in [-0.25, -0.2) is 19.7 Å². The summed E-state index contributed by atoms with van der Waals surface area (Å²) in [6.45, 7) is 4.36. The van der Waals surface area contributed by atoms with Crippen molar-refractivity contribution in [1.82, 2.24) is 19.5 Å². The molecular formula is C29H39N7O4. The number of amidine groups is 1. The molecule has 214 valence electrons. The molecule has 2 atom stereocenters. The van der Waals surface area contributed by atoms with Crippen LogP contribution < -0.4 is 11.1 Å². The van der Waals surface area contributed by atoms with Crippen LogP contribution in [0.3, 0.4) is 0 Å². The van der Waals surface area contributed by atoms with Crippen molar-refractivity contribution in [3.63, 3.8) is 0 Å². The van der Waals surface area contributed by atoms with Gasteiger partial charge in [0.1, 0.15) is 5.52 Å². The van der Waals surface area contributed by atoms with E-state index in [1.165, 1.54) is 6.42 Å². The molecule has 11 nitrogen and oxygen atoms in total. The molecule has 40 heavy (non-hydrogen) atoms. The third kappa shape index (κ3) is 5.53. The summed E-state index contributed by atoms with van der Waals surface area (Å²) in [5.74, 6) is 1.82. The molecule has 2 aliphatic carbocycles. The van der Waals surface area contributed by atoms with E-state index < -0.39 is 18.3 Å². The van der Waals surface area contributed by atoms with E-state index in [2.05, 4.69) is 34.1 Å². The lowest BCUT2D eigenvalue weighted by Crippen LogP contribution is -2.36. The second kappa shape index (κ2) is 11.5. The normalized spacial score (nSPS) is 22.4. The van der Waals surface area contributed by atoms with E-state index in [0.717, 1.165) is 38.5 Å². The van der Waals surface area contributed by atoms with Gasteiger partial charge < -0.3 is 30.9 Å². The number of aliphatic imine (C=N–C) groups is 1. The summed E-state index contributed by atoms with van der Waals surface area (Å²) in [6.07, 6.45) is 6.30. The first kappa shape index (κ1) is 28.0. The van der Waals surface area contributed by atoms with Gasteiger partial charge in [0.25, 0.3) is 0 Å². The number of fused-ring (bicyclic) bond motifs is 1. The van der Waals surface area contributed by atoms with Gasteiger partial charge in [-0.3, -0.25) is 0 Å². The van der Waals surface area contributed by atoms with Crippen LogP contribution in [0.15, 0.2) is 35.3 Å². The number of aliphatic hydroxyl groups is 2. The number of carboxylic acid groups (broad SMARTS) is 1. The number of anilines is 1. The van der Waals surface area contributed by atoms with E-state index >= 15 is 0 Å². The molecular weight excluding hydrogens is 510 g/mol. The Bertz CT molecular complexity index is 1380.